The molecule has 0 aliphatic heterocycles. The van der Waals surface area contributed by atoms with Crippen molar-refractivity contribution in [2.75, 3.05) is 19.6 Å². The zero-order valence-electron chi connectivity index (χ0n) is 12.5. The van der Waals surface area contributed by atoms with E-state index in [-0.39, 0.29) is 0 Å². The first-order valence-corrected chi connectivity index (χ1v) is 7.82. The van der Waals surface area contributed by atoms with E-state index in [2.05, 4.69) is 48.3 Å². The molecule has 2 rings (SSSR count). The van der Waals surface area contributed by atoms with Gasteiger partial charge in [0.05, 0.1) is 0 Å². The summed E-state index contributed by atoms with van der Waals surface area (Å²) in [6.07, 6.45) is 4.15. The van der Waals surface area contributed by atoms with Gasteiger partial charge in [-0.1, -0.05) is 38.1 Å². The summed E-state index contributed by atoms with van der Waals surface area (Å²) < 4.78 is 0. The maximum absolute atomic E-state index is 3.37. The average molecular weight is 260 g/mol. The number of nitrogens with zero attached hydrogens (tertiary/aromatic N) is 1. The van der Waals surface area contributed by atoms with Crippen LogP contribution in [0.1, 0.15) is 44.2 Å². The number of hydrogen-bond donors (Lipinski definition) is 1. The molecular weight excluding hydrogens is 232 g/mol. The van der Waals surface area contributed by atoms with Crippen LogP contribution in [0.3, 0.4) is 0 Å². The molecule has 0 amide bonds. The van der Waals surface area contributed by atoms with Crippen molar-refractivity contribution in [2.24, 2.45) is 5.92 Å². The lowest BCUT2D eigenvalue weighted by molar-refractivity contribution is 0.255. The molecule has 0 saturated heterocycles. The van der Waals surface area contributed by atoms with E-state index in [0.29, 0.717) is 0 Å². The van der Waals surface area contributed by atoms with Crippen LogP contribution in [-0.2, 0) is 13.1 Å². The van der Waals surface area contributed by atoms with Crippen LogP contribution in [0.25, 0.3) is 0 Å². The second-order valence-electron chi connectivity index (χ2n) is 5.78. The maximum Gasteiger partial charge on any atom is 0.0233 e. The predicted molar refractivity (Wildman–Crippen MR) is 82.1 cm³/mol. The molecule has 0 heterocycles. The van der Waals surface area contributed by atoms with Crippen molar-refractivity contribution in [3.8, 4) is 0 Å². The monoisotopic (exact) mass is 260 g/mol. The minimum Gasteiger partial charge on any atom is -0.313 e. The van der Waals surface area contributed by atoms with Gasteiger partial charge in [-0.15, -0.1) is 0 Å². The first-order chi connectivity index (χ1) is 9.31. The zero-order valence-corrected chi connectivity index (χ0v) is 12.5. The summed E-state index contributed by atoms with van der Waals surface area (Å²) in [6.45, 7) is 10.1. The summed E-state index contributed by atoms with van der Waals surface area (Å²) in [4.78, 5) is 2.62. The standard InChI is InChI=1S/C17H28N2/c1-3-11-19(14-17-9-10-17)13-16-7-5-15(6-8-16)12-18-4-2/h5-8,17-18H,3-4,9-14H2,1-2H3. The van der Waals surface area contributed by atoms with Crippen molar-refractivity contribution in [1.29, 1.82) is 0 Å². The second kappa shape index (κ2) is 7.66. The lowest BCUT2D eigenvalue weighted by Gasteiger charge is -2.21. The Morgan fingerprint density at radius 1 is 1.11 bits per heavy atom. The molecule has 106 valence electrons. The fraction of sp³-hybridized carbons (Fsp3) is 0.647. The molecule has 0 aromatic heterocycles. The fourth-order valence-electron chi connectivity index (χ4n) is 2.51. The molecule has 1 aliphatic carbocycles. The molecule has 2 nitrogen and oxygen atoms in total. The van der Waals surface area contributed by atoms with E-state index in [0.717, 1.165) is 25.6 Å². The summed E-state index contributed by atoms with van der Waals surface area (Å²) >= 11 is 0. The number of benzene rings is 1. The van der Waals surface area contributed by atoms with Crippen LogP contribution in [0.2, 0.25) is 0 Å². The van der Waals surface area contributed by atoms with Gasteiger partial charge < -0.3 is 5.32 Å². The van der Waals surface area contributed by atoms with Crippen LogP contribution in [0.15, 0.2) is 24.3 Å². The van der Waals surface area contributed by atoms with Crippen molar-refractivity contribution < 1.29 is 0 Å². The third kappa shape index (κ3) is 5.33. The van der Waals surface area contributed by atoms with Crippen molar-refractivity contribution in [3.63, 3.8) is 0 Å². The first kappa shape index (κ1) is 14.5. The molecule has 0 radical (unpaired) electrons. The predicted octanol–water partition coefficient (Wildman–Crippen LogP) is 3.42. The van der Waals surface area contributed by atoms with Gasteiger partial charge in [0, 0.05) is 19.6 Å². The smallest absolute Gasteiger partial charge is 0.0233 e. The minimum atomic E-state index is 0.984. The van der Waals surface area contributed by atoms with Crippen LogP contribution in [0, 0.1) is 5.92 Å². The Balaban J connectivity index is 1.84. The lowest BCUT2D eigenvalue weighted by atomic mass is 10.1. The Bertz CT molecular complexity index is 354. The van der Waals surface area contributed by atoms with E-state index in [1.807, 2.05) is 0 Å². The van der Waals surface area contributed by atoms with Crippen LogP contribution in [0.5, 0.6) is 0 Å². The van der Waals surface area contributed by atoms with Crippen molar-refractivity contribution in [1.82, 2.24) is 10.2 Å². The Kier molecular flexibility index (Phi) is 5.87. The Morgan fingerprint density at radius 3 is 2.37 bits per heavy atom. The molecule has 0 bridgehead atoms. The molecule has 1 saturated carbocycles. The molecule has 0 unspecified atom stereocenters. The summed E-state index contributed by atoms with van der Waals surface area (Å²) in [5.41, 5.74) is 2.84. The third-order valence-electron chi connectivity index (χ3n) is 3.76. The van der Waals surface area contributed by atoms with Crippen LogP contribution < -0.4 is 5.32 Å². The van der Waals surface area contributed by atoms with E-state index < -0.39 is 0 Å². The largest absolute Gasteiger partial charge is 0.313 e. The molecule has 1 aliphatic rings. The van der Waals surface area contributed by atoms with Gasteiger partial charge in [0.2, 0.25) is 0 Å². The molecule has 1 N–H and O–H groups in total. The SMILES string of the molecule is CCCN(Cc1ccc(CNCC)cc1)CC1CC1. The molecule has 0 atom stereocenters. The molecule has 2 heteroatoms. The van der Waals surface area contributed by atoms with E-state index in [9.17, 15) is 0 Å². The summed E-state index contributed by atoms with van der Waals surface area (Å²) in [6, 6.07) is 9.11. The highest BCUT2D eigenvalue weighted by atomic mass is 15.1. The number of hydrogen-bond acceptors (Lipinski definition) is 2. The van der Waals surface area contributed by atoms with Crippen LogP contribution >= 0.6 is 0 Å². The Morgan fingerprint density at radius 2 is 1.79 bits per heavy atom. The van der Waals surface area contributed by atoms with Crippen molar-refractivity contribution >= 4 is 0 Å². The highest BCUT2D eigenvalue weighted by Gasteiger charge is 2.23. The van der Waals surface area contributed by atoms with E-state index in [1.165, 1.54) is 43.5 Å². The van der Waals surface area contributed by atoms with Gasteiger partial charge >= 0.3 is 0 Å². The lowest BCUT2D eigenvalue weighted by Crippen LogP contribution is -2.26. The summed E-state index contributed by atoms with van der Waals surface area (Å²) in [5.74, 6) is 0.986. The number of rotatable bonds is 9. The zero-order chi connectivity index (χ0) is 13.5. The van der Waals surface area contributed by atoms with Gasteiger partial charge in [0.25, 0.3) is 0 Å². The van der Waals surface area contributed by atoms with E-state index in [4.69, 9.17) is 0 Å². The Hall–Kier alpha value is -0.860. The van der Waals surface area contributed by atoms with Crippen molar-refractivity contribution in [2.45, 2.75) is 46.2 Å². The second-order valence-corrected chi connectivity index (χ2v) is 5.78. The van der Waals surface area contributed by atoms with Gasteiger partial charge in [-0.2, -0.15) is 0 Å². The maximum atomic E-state index is 3.37. The fourth-order valence-corrected chi connectivity index (χ4v) is 2.51. The van der Waals surface area contributed by atoms with Gasteiger partial charge in [-0.05, 0) is 49.4 Å². The first-order valence-electron chi connectivity index (χ1n) is 7.82. The third-order valence-corrected chi connectivity index (χ3v) is 3.76. The van der Waals surface area contributed by atoms with Gasteiger partial charge in [-0.25, -0.2) is 0 Å². The highest BCUT2D eigenvalue weighted by molar-refractivity contribution is 5.22. The van der Waals surface area contributed by atoms with Gasteiger partial charge in [0.15, 0.2) is 0 Å². The van der Waals surface area contributed by atoms with Crippen LogP contribution in [0.4, 0.5) is 0 Å². The van der Waals surface area contributed by atoms with Crippen molar-refractivity contribution in [3.05, 3.63) is 35.4 Å². The summed E-state index contributed by atoms with van der Waals surface area (Å²) in [7, 11) is 0. The molecule has 1 aromatic rings. The molecule has 1 fully saturated rings. The Labute approximate surface area is 118 Å². The molecule has 19 heavy (non-hydrogen) atoms. The quantitative estimate of drug-likeness (QED) is 0.732. The van der Waals surface area contributed by atoms with Gasteiger partial charge in [-0.3, -0.25) is 4.90 Å². The molecular formula is C17H28N2. The average Bonchev–Trinajstić information content (AvgIpc) is 3.22. The topological polar surface area (TPSA) is 15.3 Å². The highest BCUT2D eigenvalue weighted by Crippen LogP contribution is 2.30. The number of nitrogens with one attached hydrogen (secondary N) is 1. The summed E-state index contributed by atoms with van der Waals surface area (Å²) in [5, 5.41) is 3.37. The normalized spacial score (nSPS) is 15.1. The minimum absolute atomic E-state index is 0.984. The van der Waals surface area contributed by atoms with E-state index in [1.54, 1.807) is 0 Å². The molecule has 1 aromatic carbocycles. The molecule has 0 spiro atoms. The van der Waals surface area contributed by atoms with Gasteiger partial charge in [0.1, 0.15) is 0 Å². The van der Waals surface area contributed by atoms with E-state index >= 15 is 0 Å². The van der Waals surface area contributed by atoms with Crippen LogP contribution in [-0.4, -0.2) is 24.5 Å².